The highest BCUT2D eigenvalue weighted by Crippen LogP contribution is 2.32. The van der Waals surface area contributed by atoms with Crippen LogP contribution in [0.5, 0.6) is 11.5 Å². The van der Waals surface area contributed by atoms with E-state index in [9.17, 15) is 13.2 Å². The zero-order chi connectivity index (χ0) is 26.6. The van der Waals surface area contributed by atoms with Crippen LogP contribution in [0.1, 0.15) is 35.4 Å². The average Bonchev–Trinajstić information content (AvgIpc) is 3.29. The van der Waals surface area contributed by atoms with E-state index < -0.39 is 10.0 Å². The second-order valence-electron chi connectivity index (χ2n) is 8.94. The Kier molecular flexibility index (Phi) is 7.99. The van der Waals surface area contributed by atoms with Crippen molar-refractivity contribution in [2.75, 3.05) is 32.6 Å². The molecule has 0 spiro atoms. The van der Waals surface area contributed by atoms with E-state index in [4.69, 9.17) is 14.0 Å². The number of hydrogen-bond acceptors (Lipinski definition) is 7. The van der Waals surface area contributed by atoms with Gasteiger partial charge in [0.15, 0.2) is 22.2 Å². The molecular formula is C27H31N3O6S. The number of carbonyl (C=O) groups is 1. The number of amides is 1. The zero-order valence-corrected chi connectivity index (χ0v) is 22.2. The molecule has 1 aromatic heterocycles. The van der Waals surface area contributed by atoms with E-state index in [1.807, 2.05) is 31.2 Å². The number of carbonyl (C=O) groups excluding carboxylic acids is 1. The number of ether oxygens (including phenoxy) is 2. The summed E-state index contributed by atoms with van der Waals surface area (Å²) in [6.45, 7) is 4.06. The van der Waals surface area contributed by atoms with Crippen molar-refractivity contribution in [1.82, 2.24) is 9.46 Å². The number of piperidine rings is 1. The highest BCUT2D eigenvalue weighted by Gasteiger charge is 2.36. The molecule has 3 aromatic rings. The molecule has 2 aromatic carbocycles. The Morgan fingerprint density at radius 1 is 1.03 bits per heavy atom. The van der Waals surface area contributed by atoms with E-state index in [-0.39, 0.29) is 35.6 Å². The fourth-order valence-corrected chi connectivity index (χ4v) is 6.01. The van der Waals surface area contributed by atoms with Gasteiger partial charge in [-0.2, -0.15) is 4.31 Å². The molecule has 1 aliphatic rings. The molecule has 37 heavy (non-hydrogen) atoms. The highest BCUT2D eigenvalue weighted by atomic mass is 32.2. The third kappa shape index (κ3) is 5.86. The molecule has 1 N–H and O–H groups in total. The lowest BCUT2D eigenvalue weighted by Crippen LogP contribution is -2.41. The molecular weight excluding hydrogens is 494 g/mol. The predicted molar refractivity (Wildman–Crippen MR) is 141 cm³/mol. The molecule has 0 atom stereocenters. The first-order valence-electron chi connectivity index (χ1n) is 12.0. The molecule has 10 heteroatoms. The van der Waals surface area contributed by atoms with Crippen LogP contribution in [0.2, 0.25) is 0 Å². The monoisotopic (exact) mass is 525 g/mol. The number of benzene rings is 2. The first-order chi connectivity index (χ1) is 17.7. The summed E-state index contributed by atoms with van der Waals surface area (Å²) in [6.07, 6.45) is 4.22. The molecule has 4 rings (SSSR count). The lowest BCUT2D eigenvalue weighted by Gasteiger charge is -2.30. The number of nitrogens with zero attached hydrogens (tertiary/aromatic N) is 2. The van der Waals surface area contributed by atoms with E-state index in [1.54, 1.807) is 44.4 Å². The Hall–Kier alpha value is -3.63. The molecule has 0 radical (unpaired) electrons. The van der Waals surface area contributed by atoms with Gasteiger partial charge < -0.3 is 19.3 Å². The van der Waals surface area contributed by atoms with Crippen LogP contribution in [0.4, 0.5) is 5.69 Å². The average molecular weight is 526 g/mol. The number of aryl methyl sites for hydroxylation is 2. The van der Waals surface area contributed by atoms with E-state index in [0.29, 0.717) is 35.7 Å². The normalized spacial score (nSPS) is 15.1. The maximum atomic E-state index is 13.5. The largest absolute Gasteiger partial charge is 0.493 e. The summed E-state index contributed by atoms with van der Waals surface area (Å²) >= 11 is 0. The molecule has 0 bridgehead atoms. The van der Waals surface area contributed by atoms with Crippen molar-refractivity contribution in [3.8, 4) is 11.5 Å². The van der Waals surface area contributed by atoms with Gasteiger partial charge in [0.1, 0.15) is 5.69 Å². The van der Waals surface area contributed by atoms with Gasteiger partial charge in [0, 0.05) is 30.8 Å². The summed E-state index contributed by atoms with van der Waals surface area (Å²) in [5.74, 6) is 0.788. The van der Waals surface area contributed by atoms with E-state index in [1.165, 1.54) is 11.4 Å². The Morgan fingerprint density at radius 2 is 1.70 bits per heavy atom. The van der Waals surface area contributed by atoms with Crippen LogP contribution < -0.4 is 14.8 Å². The van der Waals surface area contributed by atoms with Crippen molar-refractivity contribution in [3.05, 3.63) is 65.0 Å². The van der Waals surface area contributed by atoms with E-state index in [2.05, 4.69) is 10.5 Å². The Morgan fingerprint density at radius 3 is 2.35 bits per heavy atom. The summed E-state index contributed by atoms with van der Waals surface area (Å²) in [5.41, 5.74) is 2.95. The number of aromatic nitrogens is 1. The van der Waals surface area contributed by atoms with Crippen molar-refractivity contribution < 1.29 is 27.2 Å². The Balaban J connectivity index is 1.43. The molecule has 1 amide bonds. The van der Waals surface area contributed by atoms with Crippen LogP contribution in [-0.2, 0) is 14.8 Å². The highest BCUT2D eigenvalue weighted by molar-refractivity contribution is 7.89. The van der Waals surface area contributed by atoms with Gasteiger partial charge in [-0.25, -0.2) is 8.42 Å². The molecule has 2 heterocycles. The van der Waals surface area contributed by atoms with Gasteiger partial charge in [0.2, 0.25) is 15.9 Å². The maximum Gasteiger partial charge on any atom is 0.248 e. The fraction of sp³-hybridized carbons (Fsp3) is 0.333. The van der Waals surface area contributed by atoms with E-state index >= 15 is 0 Å². The SMILES string of the molecule is COc1ccc(NC(=O)C2CCN(S(=O)(=O)c3c(C)noc3/C=C/c3ccc(C)cc3)CC2)cc1OC. The van der Waals surface area contributed by atoms with Gasteiger partial charge in [-0.15, -0.1) is 0 Å². The minimum Gasteiger partial charge on any atom is -0.493 e. The lowest BCUT2D eigenvalue weighted by atomic mass is 9.97. The number of sulfonamides is 1. The minimum atomic E-state index is -3.85. The molecule has 1 saturated heterocycles. The molecule has 1 fully saturated rings. The fourth-order valence-electron chi connectivity index (χ4n) is 4.29. The lowest BCUT2D eigenvalue weighted by molar-refractivity contribution is -0.120. The number of hydrogen-bond donors (Lipinski definition) is 1. The number of rotatable bonds is 8. The second kappa shape index (κ2) is 11.2. The van der Waals surface area contributed by atoms with Crippen LogP contribution in [0.25, 0.3) is 12.2 Å². The molecule has 1 aliphatic heterocycles. The van der Waals surface area contributed by atoms with Crippen molar-refractivity contribution in [1.29, 1.82) is 0 Å². The first-order valence-corrected chi connectivity index (χ1v) is 13.4. The Bertz CT molecular complexity index is 1390. The number of nitrogens with one attached hydrogen (secondary N) is 1. The molecule has 0 saturated carbocycles. The molecule has 196 valence electrons. The van der Waals surface area contributed by atoms with Crippen LogP contribution in [-0.4, -0.2) is 51.1 Å². The third-order valence-electron chi connectivity index (χ3n) is 6.41. The topological polar surface area (TPSA) is 111 Å². The standard InChI is InChI=1S/C27H31N3O6S/c1-18-5-7-20(8-6-18)9-11-24-26(19(2)29-36-24)37(32,33)30-15-13-21(14-16-30)27(31)28-22-10-12-23(34-3)25(17-22)35-4/h5-12,17,21H,13-16H2,1-4H3,(H,28,31)/b11-9+. The summed E-state index contributed by atoms with van der Waals surface area (Å²) in [5, 5.41) is 6.80. The van der Waals surface area contributed by atoms with Crippen LogP contribution in [0, 0.1) is 19.8 Å². The van der Waals surface area contributed by atoms with Crippen LogP contribution in [0.15, 0.2) is 51.9 Å². The number of methoxy groups -OCH3 is 2. The van der Waals surface area contributed by atoms with Gasteiger partial charge in [0.25, 0.3) is 0 Å². The summed E-state index contributed by atoms with van der Waals surface area (Å²) in [6, 6.07) is 13.0. The summed E-state index contributed by atoms with van der Waals surface area (Å²) < 4.78 is 44.3. The van der Waals surface area contributed by atoms with Gasteiger partial charge in [-0.05, 0) is 50.5 Å². The van der Waals surface area contributed by atoms with Crippen molar-refractivity contribution in [2.45, 2.75) is 31.6 Å². The maximum absolute atomic E-state index is 13.5. The van der Waals surface area contributed by atoms with Crippen molar-refractivity contribution >= 4 is 33.8 Å². The van der Waals surface area contributed by atoms with Gasteiger partial charge in [-0.1, -0.05) is 41.1 Å². The van der Waals surface area contributed by atoms with Gasteiger partial charge >= 0.3 is 0 Å². The second-order valence-corrected chi connectivity index (χ2v) is 10.8. The molecule has 0 unspecified atom stereocenters. The van der Waals surface area contributed by atoms with Gasteiger partial charge in [0.05, 0.1) is 14.2 Å². The molecule has 9 nitrogen and oxygen atoms in total. The van der Waals surface area contributed by atoms with E-state index in [0.717, 1.165) is 11.1 Å². The summed E-state index contributed by atoms with van der Waals surface area (Å²) in [4.78, 5) is 12.9. The van der Waals surface area contributed by atoms with Crippen molar-refractivity contribution in [3.63, 3.8) is 0 Å². The predicted octanol–water partition coefficient (Wildman–Crippen LogP) is 4.52. The molecule has 0 aliphatic carbocycles. The quantitative estimate of drug-likeness (QED) is 0.460. The van der Waals surface area contributed by atoms with Crippen molar-refractivity contribution in [2.24, 2.45) is 5.92 Å². The zero-order valence-electron chi connectivity index (χ0n) is 21.4. The minimum absolute atomic E-state index is 0.0593. The third-order valence-corrected chi connectivity index (χ3v) is 8.47. The van der Waals surface area contributed by atoms with Crippen LogP contribution in [0.3, 0.4) is 0 Å². The Labute approximate surface area is 217 Å². The first kappa shape index (κ1) is 26.4. The van der Waals surface area contributed by atoms with Gasteiger partial charge in [-0.3, -0.25) is 4.79 Å². The van der Waals surface area contributed by atoms with Crippen LogP contribution >= 0.6 is 0 Å². The summed E-state index contributed by atoms with van der Waals surface area (Å²) in [7, 11) is -0.780. The number of anilines is 1. The smallest absolute Gasteiger partial charge is 0.248 e.